The first-order chi connectivity index (χ1) is 14.2. The quantitative estimate of drug-likeness (QED) is 0.157. The molecule has 0 aromatic heterocycles. The van der Waals surface area contributed by atoms with Crippen LogP contribution < -0.4 is 11.1 Å². The summed E-state index contributed by atoms with van der Waals surface area (Å²) < 4.78 is 56.9. The van der Waals surface area contributed by atoms with Crippen LogP contribution in [0.1, 0.15) is 6.42 Å². The van der Waals surface area contributed by atoms with Crippen LogP contribution in [0.2, 0.25) is 0 Å². The summed E-state index contributed by atoms with van der Waals surface area (Å²) >= 11 is 0. The largest absolute Gasteiger partial charge is 0.490 e. The van der Waals surface area contributed by atoms with Crippen molar-refractivity contribution in [3.63, 3.8) is 0 Å². The van der Waals surface area contributed by atoms with Crippen LogP contribution in [0, 0.1) is 0 Å². The molecule has 0 aromatic carbocycles. The van der Waals surface area contributed by atoms with E-state index in [9.17, 15) is 28.3 Å². The van der Waals surface area contributed by atoms with Gasteiger partial charge >= 0.3 is 29.5 Å². The molecule has 2 heterocycles. The lowest BCUT2D eigenvalue weighted by Gasteiger charge is -2.30. The molecule has 1 fully saturated rings. The molecule has 178 valence electrons. The van der Waals surface area contributed by atoms with Gasteiger partial charge in [0, 0.05) is 12.6 Å². The normalized spacial score (nSPS) is 30.5. The molecule has 0 radical (unpaired) electrons. The number of carbonyl (C=O) groups excluding carboxylic acids is 1. The second kappa shape index (κ2) is 10.3. The van der Waals surface area contributed by atoms with Gasteiger partial charge < -0.3 is 40.1 Å². The van der Waals surface area contributed by atoms with E-state index in [1.807, 2.05) is 0 Å². The van der Waals surface area contributed by atoms with Crippen molar-refractivity contribution in [1.82, 2.24) is 10.2 Å². The topological polar surface area (TPSA) is 237 Å². The zero-order valence-corrected chi connectivity index (χ0v) is 18.4. The third kappa shape index (κ3) is 8.48. The van der Waals surface area contributed by atoms with Crippen molar-refractivity contribution in [2.24, 2.45) is 5.73 Å². The zero-order chi connectivity index (χ0) is 23.4. The van der Waals surface area contributed by atoms with Crippen molar-refractivity contribution in [3.8, 4) is 0 Å². The molecule has 16 nitrogen and oxygen atoms in total. The van der Waals surface area contributed by atoms with E-state index >= 15 is 0 Å². The van der Waals surface area contributed by atoms with Crippen LogP contribution >= 0.6 is 23.5 Å². The van der Waals surface area contributed by atoms with Crippen molar-refractivity contribution in [1.29, 1.82) is 0 Å². The number of hydrogen-bond acceptors (Lipinski definition) is 10. The Labute approximate surface area is 176 Å². The number of amides is 2. The van der Waals surface area contributed by atoms with Crippen LogP contribution in [0.15, 0.2) is 24.9 Å². The van der Waals surface area contributed by atoms with E-state index in [1.165, 1.54) is 23.3 Å². The molecule has 0 spiro atoms. The van der Waals surface area contributed by atoms with Crippen LogP contribution in [0.5, 0.6) is 0 Å². The Morgan fingerprint density at radius 1 is 1.26 bits per heavy atom. The van der Waals surface area contributed by atoms with Gasteiger partial charge in [0.1, 0.15) is 12.3 Å². The fraction of sp³-hybridized carbons (Fsp3) is 0.583. The molecule has 4 unspecified atom stereocenters. The summed E-state index contributed by atoms with van der Waals surface area (Å²) in [5, 5.41) is 2.45. The van der Waals surface area contributed by atoms with Gasteiger partial charge in [0.15, 0.2) is 0 Å². The highest BCUT2D eigenvalue weighted by Gasteiger charge is 2.44. The predicted molar refractivity (Wildman–Crippen MR) is 101 cm³/mol. The molecule has 0 saturated carbocycles. The van der Waals surface area contributed by atoms with Gasteiger partial charge in [-0.25, -0.2) is 18.5 Å². The molecule has 7 N–H and O–H groups in total. The SMILES string of the molecule is C=CCOC1C[C@H](N2C=CC(N)NC2=O)O[C@@H]1COP(=O)(O)OP(=O)(O)OP(=O)(O)O. The minimum atomic E-state index is -5.65. The maximum absolute atomic E-state index is 12.1. The van der Waals surface area contributed by atoms with E-state index in [4.69, 9.17) is 25.0 Å². The zero-order valence-electron chi connectivity index (χ0n) is 15.7. The van der Waals surface area contributed by atoms with E-state index in [1.54, 1.807) is 0 Å². The van der Waals surface area contributed by atoms with Crippen molar-refractivity contribution in [2.45, 2.75) is 31.0 Å². The van der Waals surface area contributed by atoms with Gasteiger partial charge in [-0.2, -0.15) is 8.62 Å². The third-order valence-electron chi connectivity index (χ3n) is 3.72. The first-order valence-corrected chi connectivity index (χ1v) is 12.9. The fourth-order valence-electron chi connectivity index (χ4n) is 2.60. The lowest BCUT2D eigenvalue weighted by atomic mass is 10.2. The van der Waals surface area contributed by atoms with Crippen LogP contribution in [0.25, 0.3) is 0 Å². The second-order valence-corrected chi connectivity index (χ2v) is 10.6. The lowest BCUT2D eigenvalue weighted by Crippen LogP contribution is -2.52. The molecule has 2 aliphatic rings. The summed E-state index contributed by atoms with van der Waals surface area (Å²) in [5.74, 6) is 0. The standard InChI is InChI=1S/C12H22N3O13P3/c1-2-5-24-8-6-11(15-4-3-10(13)14-12(15)16)26-9(8)7-25-30(20,21)28-31(22,23)27-29(17,18)19/h2-4,8-11H,1,5-7,13H2,(H,14,16)(H,20,21)(H,22,23)(H2,17,18,19)/t8?,9-,10?,11-/m1/s1. The van der Waals surface area contributed by atoms with Gasteiger partial charge in [-0.15, -0.1) is 6.58 Å². The number of nitrogens with one attached hydrogen (secondary N) is 1. The average molecular weight is 509 g/mol. The first kappa shape index (κ1) is 26.3. The Bertz CT molecular complexity index is 847. The van der Waals surface area contributed by atoms with Gasteiger partial charge in [-0.05, 0) is 6.08 Å². The van der Waals surface area contributed by atoms with Gasteiger partial charge in [0.05, 0.1) is 25.5 Å². The monoisotopic (exact) mass is 509 g/mol. The summed E-state index contributed by atoms with van der Waals surface area (Å²) in [7, 11) is -16.5. The molecule has 19 heteroatoms. The van der Waals surface area contributed by atoms with E-state index < -0.39 is 60.7 Å². The van der Waals surface area contributed by atoms with Gasteiger partial charge in [-0.3, -0.25) is 9.42 Å². The van der Waals surface area contributed by atoms with E-state index in [-0.39, 0.29) is 13.0 Å². The maximum Gasteiger partial charge on any atom is 0.490 e. The summed E-state index contributed by atoms with van der Waals surface area (Å²) in [5.41, 5.74) is 5.57. The number of hydrogen-bond donors (Lipinski definition) is 6. The molecule has 6 atom stereocenters. The molecular weight excluding hydrogens is 487 g/mol. The molecule has 31 heavy (non-hydrogen) atoms. The molecule has 0 aromatic rings. The fourth-order valence-corrected chi connectivity index (χ4v) is 5.63. The third-order valence-corrected chi connectivity index (χ3v) is 7.52. The smallest absolute Gasteiger partial charge is 0.371 e. The number of phosphoric acid groups is 3. The highest BCUT2D eigenvalue weighted by atomic mass is 31.3. The highest BCUT2D eigenvalue weighted by molar-refractivity contribution is 7.66. The summed E-state index contributed by atoms with van der Waals surface area (Å²) in [4.78, 5) is 49.1. The van der Waals surface area contributed by atoms with Crippen LogP contribution in [0.3, 0.4) is 0 Å². The number of ether oxygens (including phenoxy) is 2. The summed E-state index contributed by atoms with van der Waals surface area (Å²) in [6.07, 6.45) is 1.07. The maximum atomic E-state index is 12.1. The Morgan fingerprint density at radius 3 is 2.52 bits per heavy atom. The minimum absolute atomic E-state index is 0.0689. The highest BCUT2D eigenvalue weighted by Crippen LogP contribution is 2.66. The van der Waals surface area contributed by atoms with Gasteiger partial charge in [0.2, 0.25) is 0 Å². The van der Waals surface area contributed by atoms with Crippen LogP contribution in [-0.4, -0.2) is 68.3 Å². The lowest BCUT2D eigenvalue weighted by molar-refractivity contribution is -0.0631. The van der Waals surface area contributed by atoms with Crippen molar-refractivity contribution in [3.05, 3.63) is 24.9 Å². The van der Waals surface area contributed by atoms with E-state index in [2.05, 4.69) is 25.0 Å². The Hall–Kier alpha value is -0.960. The average Bonchev–Trinajstić information content (AvgIpc) is 2.97. The summed E-state index contributed by atoms with van der Waals surface area (Å²) in [6, 6.07) is -0.559. The Balaban J connectivity index is 2.03. The first-order valence-electron chi connectivity index (χ1n) is 8.40. The molecule has 1 saturated heterocycles. The summed E-state index contributed by atoms with van der Waals surface area (Å²) in [6.45, 7) is 2.84. The van der Waals surface area contributed by atoms with Crippen molar-refractivity contribution >= 4 is 29.5 Å². The Morgan fingerprint density at radius 2 is 1.94 bits per heavy atom. The van der Waals surface area contributed by atoms with Crippen molar-refractivity contribution < 1.29 is 60.7 Å². The van der Waals surface area contributed by atoms with E-state index in [0.717, 1.165) is 0 Å². The van der Waals surface area contributed by atoms with Crippen LogP contribution in [0.4, 0.5) is 4.79 Å². The number of nitrogens with two attached hydrogens (primary N) is 1. The second-order valence-electron chi connectivity index (χ2n) is 6.14. The molecule has 2 rings (SSSR count). The molecule has 2 aliphatic heterocycles. The molecule has 0 bridgehead atoms. The molecule has 0 aliphatic carbocycles. The number of nitrogens with zero attached hydrogens (tertiary/aromatic N) is 1. The van der Waals surface area contributed by atoms with E-state index in [0.29, 0.717) is 0 Å². The number of carbonyl (C=O) groups is 1. The van der Waals surface area contributed by atoms with Crippen molar-refractivity contribution in [2.75, 3.05) is 13.2 Å². The number of phosphoric ester groups is 1. The van der Waals surface area contributed by atoms with Gasteiger partial charge in [0.25, 0.3) is 0 Å². The predicted octanol–water partition coefficient (Wildman–Crippen LogP) is -0.160. The molecule has 2 amide bonds. The minimum Gasteiger partial charge on any atom is -0.371 e. The molecular formula is C12H22N3O13P3. The number of urea groups is 1. The number of rotatable bonds is 11. The van der Waals surface area contributed by atoms with Gasteiger partial charge in [-0.1, -0.05) is 6.08 Å². The Kier molecular flexibility index (Phi) is 8.75. The van der Waals surface area contributed by atoms with Crippen LogP contribution in [-0.2, 0) is 36.3 Å².